The van der Waals surface area contributed by atoms with Crippen LogP contribution in [-0.4, -0.2) is 51.1 Å². The van der Waals surface area contributed by atoms with Crippen LogP contribution >= 0.6 is 0 Å². The number of hydrogen-bond donors (Lipinski definition) is 1. The van der Waals surface area contributed by atoms with Crippen LogP contribution in [-0.2, 0) is 21.2 Å². The Hall–Kier alpha value is -3.98. The quantitative estimate of drug-likeness (QED) is 0.627. The van der Waals surface area contributed by atoms with Gasteiger partial charge >= 0.3 is 0 Å². The van der Waals surface area contributed by atoms with E-state index in [0.717, 1.165) is 17.7 Å². The largest absolute Gasteiger partial charge is 0.349 e. The summed E-state index contributed by atoms with van der Waals surface area (Å²) in [4.78, 5) is 29.0. The van der Waals surface area contributed by atoms with E-state index in [1.54, 1.807) is 54.4 Å². The van der Waals surface area contributed by atoms with E-state index < -0.39 is 10.0 Å². The van der Waals surface area contributed by atoms with E-state index in [4.69, 9.17) is 0 Å². The standard InChI is InChI=1S/C25H22N4O4S/c1-28(24-20-7-3-5-9-22(20)34(32,33)27-24)16-23(30)26-19-12-10-18(11-13-19)25(31)29-15-14-17-6-2-4-8-21(17)29/h2-13H,14-16H2,1H3,(H,26,30). The van der Waals surface area contributed by atoms with E-state index in [0.29, 0.717) is 23.4 Å². The number of likely N-dealkylation sites (N-methyl/N-ethyl adjacent to an activating group) is 1. The van der Waals surface area contributed by atoms with Crippen LogP contribution < -0.4 is 10.2 Å². The summed E-state index contributed by atoms with van der Waals surface area (Å²) >= 11 is 0. The first-order valence-electron chi connectivity index (χ1n) is 10.8. The van der Waals surface area contributed by atoms with E-state index in [1.807, 2.05) is 24.3 Å². The van der Waals surface area contributed by atoms with Gasteiger partial charge in [-0.05, 0) is 54.4 Å². The van der Waals surface area contributed by atoms with Gasteiger partial charge in [0.15, 0.2) is 5.84 Å². The Balaban J connectivity index is 1.24. The number of amides is 2. The van der Waals surface area contributed by atoms with Gasteiger partial charge in [-0.25, -0.2) is 0 Å². The SMILES string of the molecule is CN(CC(=O)Nc1ccc(C(=O)N2CCc3ccccc32)cc1)C1=NS(=O)(=O)c2ccccc21. The lowest BCUT2D eigenvalue weighted by Gasteiger charge is -2.19. The molecule has 0 saturated heterocycles. The number of benzene rings is 3. The van der Waals surface area contributed by atoms with Gasteiger partial charge in [-0.15, -0.1) is 4.40 Å². The fourth-order valence-electron chi connectivity index (χ4n) is 4.26. The van der Waals surface area contributed by atoms with Gasteiger partial charge in [-0.1, -0.05) is 30.3 Å². The van der Waals surface area contributed by atoms with Gasteiger partial charge in [0.25, 0.3) is 15.9 Å². The van der Waals surface area contributed by atoms with Gasteiger partial charge in [0.05, 0.1) is 6.54 Å². The van der Waals surface area contributed by atoms with Gasteiger partial charge in [0.1, 0.15) is 4.90 Å². The molecule has 0 bridgehead atoms. The maximum absolute atomic E-state index is 13.0. The van der Waals surface area contributed by atoms with Crippen molar-refractivity contribution in [3.8, 4) is 0 Å². The molecule has 172 valence electrons. The molecule has 34 heavy (non-hydrogen) atoms. The topological polar surface area (TPSA) is 99.2 Å². The zero-order valence-electron chi connectivity index (χ0n) is 18.4. The number of amidine groups is 1. The number of nitrogens with one attached hydrogen (secondary N) is 1. The fourth-order valence-corrected chi connectivity index (χ4v) is 5.51. The van der Waals surface area contributed by atoms with Crippen LogP contribution in [0.15, 0.2) is 82.1 Å². The second-order valence-corrected chi connectivity index (χ2v) is 9.78. The zero-order chi connectivity index (χ0) is 23.9. The number of carbonyl (C=O) groups is 2. The Labute approximate surface area is 197 Å². The first-order chi connectivity index (χ1) is 16.3. The van der Waals surface area contributed by atoms with Gasteiger partial charge < -0.3 is 15.1 Å². The van der Waals surface area contributed by atoms with Crippen LogP contribution in [0.2, 0.25) is 0 Å². The molecule has 2 aliphatic rings. The molecule has 0 radical (unpaired) electrons. The van der Waals surface area contributed by atoms with Crippen molar-refractivity contribution in [2.75, 3.05) is 30.4 Å². The second-order valence-electron chi connectivity index (χ2n) is 8.20. The average molecular weight is 475 g/mol. The highest BCUT2D eigenvalue weighted by Gasteiger charge is 2.31. The number of nitrogens with zero attached hydrogens (tertiary/aromatic N) is 3. The van der Waals surface area contributed by atoms with Crippen molar-refractivity contribution in [3.63, 3.8) is 0 Å². The van der Waals surface area contributed by atoms with E-state index in [-0.39, 0.29) is 29.1 Å². The van der Waals surface area contributed by atoms with Crippen molar-refractivity contribution in [3.05, 3.63) is 89.5 Å². The molecular weight excluding hydrogens is 452 g/mol. The Bertz CT molecular complexity index is 1430. The minimum Gasteiger partial charge on any atom is -0.349 e. The normalized spacial score (nSPS) is 15.3. The molecule has 0 unspecified atom stereocenters. The highest BCUT2D eigenvalue weighted by atomic mass is 32.2. The Kier molecular flexibility index (Phi) is 5.41. The van der Waals surface area contributed by atoms with Crippen LogP contribution in [0.25, 0.3) is 0 Å². The summed E-state index contributed by atoms with van der Waals surface area (Å²) in [5.74, 6) is -0.182. The Morgan fingerprint density at radius 3 is 2.50 bits per heavy atom. The van der Waals surface area contributed by atoms with Crippen LogP contribution in [0.5, 0.6) is 0 Å². The molecule has 0 aromatic heterocycles. The van der Waals surface area contributed by atoms with Gasteiger partial charge in [-0.3, -0.25) is 9.59 Å². The van der Waals surface area contributed by atoms with E-state index in [9.17, 15) is 18.0 Å². The van der Waals surface area contributed by atoms with Crippen LogP contribution in [0, 0.1) is 0 Å². The zero-order valence-corrected chi connectivity index (χ0v) is 19.2. The first kappa shape index (κ1) is 21.8. The van der Waals surface area contributed by atoms with Gasteiger partial charge in [0.2, 0.25) is 5.91 Å². The van der Waals surface area contributed by atoms with Crippen molar-refractivity contribution in [1.29, 1.82) is 0 Å². The van der Waals surface area contributed by atoms with Crippen molar-refractivity contribution in [1.82, 2.24) is 4.90 Å². The fraction of sp³-hybridized carbons (Fsp3) is 0.160. The molecule has 9 heteroatoms. The minimum absolute atomic E-state index is 0.0818. The van der Waals surface area contributed by atoms with Crippen molar-refractivity contribution >= 4 is 39.0 Å². The average Bonchev–Trinajstić information content (AvgIpc) is 3.38. The van der Waals surface area contributed by atoms with Crippen molar-refractivity contribution < 1.29 is 18.0 Å². The number of carbonyl (C=O) groups excluding carboxylic acids is 2. The summed E-state index contributed by atoms with van der Waals surface area (Å²) in [6, 6.07) is 21.1. The molecular formula is C25H22N4O4S. The number of anilines is 2. The third-order valence-electron chi connectivity index (χ3n) is 5.90. The second kappa shape index (κ2) is 8.42. The summed E-state index contributed by atoms with van der Waals surface area (Å²) < 4.78 is 28.3. The highest BCUT2D eigenvalue weighted by molar-refractivity contribution is 7.90. The molecule has 2 aliphatic heterocycles. The number of rotatable bonds is 4. The number of para-hydroxylation sites is 1. The van der Waals surface area contributed by atoms with Crippen molar-refractivity contribution in [2.45, 2.75) is 11.3 Å². The molecule has 0 saturated carbocycles. The summed E-state index contributed by atoms with van der Waals surface area (Å²) in [6.07, 6.45) is 0.834. The van der Waals surface area contributed by atoms with Gasteiger partial charge in [-0.2, -0.15) is 8.42 Å². The third kappa shape index (κ3) is 3.94. The molecule has 0 spiro atoms. The van der Waals surface area contributed by atoms with E-state index >= 15 is 0 Å². The summed E-state index contributed by atoms with van der Waals surface area (Å²) in [5.41, 5.74) is 3.65. The Morgan fingerprint density at radius 2 is 1.71 bits per heavy atom. The molecule has 1 N–H and O–H groups in total. The summed E-state index contributed by atoms with van der Waals surface area (Å²) in [7, 11) is -2.14. The molecule has 3 aromatic carbocycles. The predicted molar refractivity (Wildman–Crippen MR) is 130 cm³/mol. The lowest BCUT2D eigenvalue weighted by Crippen LogP contribution is -2.34. The van der Waals surface area contributed by atoms with Crippen molar-refractivity contribution in [2.24, 2.45) is 4.40 Å². The van der Waals surface area contributed by atoms with Gasteiger partial charge in [0, 0.05) is 36.1 Å². The lowest BCUT2D eigenvalue weighted by molar-refractivity contribution is -0.116. The molecule has 0 aliphatic carbocycles. The Morgan fingerprint density at radius 1 is 1.00 bits per heavy atom. The van der Waals surface area contributed by atoms with Crippen LogP contribution in [0.3, 0.4) is 0 Å². The monoisotopic (exact) mass is 474 g/mol. The maximum atomic E-state index is 13.0. The number of sulfonamides is 1. The predicted octanol–water partition coefficient (Wildman–Crippen LogP) is 2.91. The molecule has 0 atom stereocenters. The van der Waals surface area contributed by atoms with Crippen LogP contribution in [0.1, 0.15) is 21.5 Å². The smallest absolute Gasteiger partial charge is 0.285 e. The molecule has 8 nitrogen and oxygen atoms in total. The van der Waals surface area contributed by atoms with Crippen LogP contribution in [0.4, 0.5) is 11.4 Å². The lowest BCUT2D eigenvalue weighted by atomic mass is 10.1. The van der Waals surface area contributed by atoms with E-state index in [1.165, 1.54) is 11.0 Å². The summed E-state index contributed by atoms with van der Waals surface area (Å²) in [6.45, 7) is 0.555. The molecule has 2 amide bonds. The minimum atomic E-state index is -3.75. The van der Waals surface area contributed by atoms with E-state index in [2.05, 4.69) is 9.71 Å². The third-order valence-corrected chi connectivity index (χ3v) is 7.23. The highest BCUT2D eigenvalue weighted by Crippen LogP contribution is 2.29. The molecule has 5 rings (SSSR count). The molecule has 0 fully saturated rings. The number of hydrogen-bond acceptors (Lipinski definition) is 5. The maximum Gasteiger partial charge on any atom is 0.285 e. The molecule has 3 aromatic rings. The number of fused-ring (bicyclic) bond motifs is 2. The molecule has 2 heterocycles. The summed E-state index contributed by atoms with van der Waals surface area (Å²) in [5, 5.41) is 2.78. The first-order valence-corrected chi connectivity index (χ1v) is 12.2.